The zero-order valence-corrected chi connectivity index (χ0v) is 11.2. The lowest BCUT2D eigenvalue weighted by molar-refractivity contribution is 1.13. The SMILES string of the molecule is Brc1ncccc1NCc1cccc2cc[nH]c12. The van der Waals surface area contributed by atoms with Crippen molar-refractivity contribution in [2.75, 3.05) is 5.32 Å². The molecule has 0 aliphatic carbocycles. The van der Waals surface area contributed by atoms with Crippen LogP contribution in [0.15, 0.2) is 53.4 Å². The highest BCUT2D eigenvalue weighted by Gasteiger charge is 2.03. The first-order valence-electron chi connectivity index (χ1n) is 5.74. The van der Waals surface area contributed by atoms with Crippen LogP contribution in [0, 0.1) is 0 Å². The van der Waals surface area contributed by atoms with Gasteiger partial charge in [0.1, 0.15) is 4.60 Å². The lowest BCUT2D eigenvalue weighted by Crippen LogP contribution is -2.01. The smallest absolute Gasteiger partial charge is 0.129 e. The lowest BCUT2D eigenvalue weighted by Gasteiger charge is -2.08. The van der Waals surface area contributed by atoms with Gasteiger partial charge in [-0.1, -0.05) is 18.2 Å². The summed E-state index contributed by atoms with van der Waals surface area (Å²) in [5, 5.41) is 4.62. The number of H-pyrrole nitrogens is 1. The van der Waals surface area contributed by atoms with Gasteiger partial charge < -0.3 is 10.3 Å². The molecule has 0 amide bonds. The van der Waals surface area contributed by atoms with Crippen molar-refractivity contribution < 1.29 is 0 Å². The van der Waals surface area contributed by atoms with Gasteiger partial charge in [-0.15, -0.1) is 0 Å². The second-order valence-electron chi connectivity index (χ2n) is 4.05. The third-order valence-electron chi connectivity index (χ3n) is 2.90. The summed E-state index contributed by atoms with van der Waals surface area (Å²) in [6, 6.07) is 12.3. The van der Waals surface area contributed by atoms with E-state index in [9.17, 15) is 0 Å². The summed E-state index contributed by atoms with van der Waals surface area (Å²) >= 11 is 3.43. The molecule has 2 aromatic heterocycles. The second kappa shape index (κ2) is 4.82. The Morgan fingerprint density at radius 2 is 2.11 bits per heavy atom. The van der Waals surface area contributed by atoms with Crippen LogP contribution < -0.4 is 5.32 Å². The summed E-state index contributed by atoms with van der Waals surface area (Å²) in [6.45, 7) is 0.766. The molecule has 0 saturated carbocycles. The number of pyridine rings is 1. The van der Waals surface area contributed by atoms with E-state index < -0.39 is 0 Å². The number of aromatic amines is 1. The van der Waals surface area contributed by atoms with Crippen LogP contribution >= 0.6 is 15.9 Å². The molecule has 0 fully saturated rings. The number of halogens is 1. The molecule has 4 heteroatoms. The van der Waals surface area contributed by atoms with E-state index in [4.69, 9.17) is 0 Å². The highest BCUT2D eigenvalue weighted by molar-refractivity contribution is 9.10. The third-order valence-corrected chi connectivity index (χ3v) is 3.53. The van der Waals surface area contributed by atoms with Crippen LogP contribution in [0.25, 0.3) is 10.9 Å². The van der Waals surface area contributed by atoms with Gasteiger partial charge in [0.15, 0.2) is 0 Å². The Labute approximate surface area is 113 Å². The van der Waals surface area contributed by atoms with Crippen LogP contribution in [-0.2, 0) is 6.54 Å². The van der Waals surface area contributed by atoms with Crippen LogP contribution in [-0.4, -0.2) is 9.97 Å². The van der Waals surface area contributed by atoms with E-state index in [0.29, 0.717) is 0 Å². The second-order valence-corrected chi connectivity index (χ2v) is 4.81. The van der Waals surface area contributed by atoms with E-state index in [1.165, 1.54) is 16.5 Å². The predicted molar refractivity (Wildman–Crippen MR) is 77.6 cm³/mol. The Kier molecular flexibility index (Phi) is 3.02. The minimum absolute atomic E-state index is 0.766. The van der Waals surface area contributed by atoms with Gasteiger partial charge in [0.25, 0.3) is 0 Å². The topological polar surface area (TPSA) is 40.7 Å². The van der Waals surface area contributed by atoms with Gasteiger partial charge in [-0.3, -0.25) is 0 Å². The lowest BCUT2D eigenvalue weighted by atomic mass is 10.1. The molecule has 3 nitrogen and oxygen atoms in total. The predicted octanol–water partition coefficient (Wildman–Crippen LogP) is 3.94. The number of para-hydroxylation sites is 1. The molecule has 18 heavy (non-hydrogen) atoms. The zero-order chi connectivity index (χ0) is 12.4. The molecule has 3 aromatic rings. The molecule has 0 spiro atoms. The standard InChI is InChI=1S/C14H12BrN3/c15-14-12(5-2-7-17-14)18-9-11-4-1-3-10-6-8-16-13(10)11/h1-8,16,18H,9H2. The van der Waals surface area contributed by atoms with Crippen molar-refractivity contribution in [2.24, 2.45) is 0 Å². The highest BCUT2D eigenvalue weighted by Crippen LogP contribution is 2.21. The Bertz CT molecular complexity index is 675. The minimum atomic E-state index is 0.766. The van der Waals surface area contributed by atoms with Gasteiger partial charge in [-0.05, 0) is 45.1 Å². The van der Waals surface area contributed by atoms with Crippen molar-refractivity contribution >= 4 is 32.5 Å². The van der Waals surface area contributed by atoms with Gasteiger partial charge in [0.2, 0.25) is 0 Å². The summed E-state index contributed by atoms with van der Waals surface area (Å²) in [5.74, 6) is 0. The normalized spacial score (nSPS) is 10.7. The first kappa shape index (κ1) is 11.3. The van der Waals surface area contributed by atoms with E-state index in [1.807, 2.05) is 18.3 Å². The third kappa shape index (κ3) is 2.11. The molecule has 0 bridgehead atoms. The van der Waals surface area contributed by atoms with E-state index in [0.717, 1.165) is 16.8 Å². The molecular formula is C14H12BrN3. The van der Waals surface area contributed by atoms with Crippen molar-refractivity contribution in [2.45, 2.75) is 6.54 Å². The molecule has 1 aromatic carbocycles. The van der Waals surface area contributed by atoms with Crippen molar-refractivity contribution in [1.82, 2.24) is 9.97 Å². The number of aromatic nitrogens is 2. The summed E-state index contributed by atoms with van der Waals surface area (Å²) < 4.78 is 0.837. The number of nitrogens with zero attached hydrogens (tertiary/aromatic N) is 1. The van der Waals surface area contributed by atoms with Crippen LogP contribution in [0.4, 0.5) is 5.69 Å². The molecule has 0 unspecified atom stereocenters. The number of hydrogen-bond donors (Lipinski definition) is 2. The molecule has 2 heterocycles. The molecule has 0 aliphatic heterocycles. The van der Waals surface area contributed by atoms with Gasteiger partial charge >= 0.3 is 0 Å². The van der Waals surface area contributed by atoms with Crippen molar-refractivity contribution in [3.8, 4) is 0 Å². The van der Waals surface area contributed by atoms with Crippen LogP contribution in [0.5, 0.6) is 0 Å². The molecule has 0 saturated heterocycles. The fraction of sp³-hybridized carbons (Fsp3) is 0.0714. The summed E-state index contributed by atoms with van der Waals surface area (Å²) in [6.07, 6.45) is 3.73. The Hall–Kier alpha value is -1.81. The highest BCUT2D eigenvalue weighted by atomic mass is 79.9. The maximum Gasteiger partial charge on any atom is 0.129 e. The fourth-order valence-corrected chi connectivity index (χ4v) is 2.40. The fourth-order valence-electron chi connectivity index (χ4n) is 2.01. The molecule has 3 rings (SSSR count). The molecule has 0 atom stereocenters. The number of anilines is 1. The maximum atomic E-state index is 4.19. The van der Waals surface area contributed by atoms with Gasteiger partial charge in [-0.25, -0.2) is 4.98 Å². The van der Waals surface area contributed by atoms with Crippen LogP contribution in [0.1, 0.15) is 5.56 Å². The molecular weight excluding hydrogens is 290 g/mol. The van der Waals surface area contributed by atoms with Gasteiger partial charge in [0, 0.05) is 18.9 Å². The number of fused-ring (bicyclic) bond motifs is 1. The van der Waals surface area contributed by atoms with E-state index >= 15 is 0 Å². The van der Waals surface area contributed by atoms with Crippen molar-refractivity contribution in [3.05, 3.63) is 59.0 Å². The van der Waals surface area contributed by atoms with E-state index in [-0.39, 0.29) is 0 Å². The summed E-state index contributed by atoms with van der Waals surface area (Å²) in [7, 11) is 0. The first-order valence-corrected chi connectivity index (χ1v) is 6.53. The molecule has 90 valence electrons. The molecule has 0 aliphatic rings. The largest absolute Gasteiger partial charge is 0.379 e. The number of rotatable bonds is 3. The number of nitrogens with one attached hydrogen (secondary N) is 2. The van der Waals surface area contributed by atoms with Crippen LogP contribution in [0.3, 0.4) is 0 Å². The van der Waals surface area contributed by atoms with Gasteiger partial charge in [0.05, 0.1) is 11.2 Å². The summed E-state index contributed by atoms with van der Waals surface area (Å²) in [4.78, 5) is 7.46. The average molecular weight is 302 g/mol. The van der Waals surface area contributed by atoms with Crippen molar-refractivity contribution in [1.29, 1.82) is 0 Å². The quantitative estimate of drug-likeness (QED) is 0.720. The first-order chi connectivity index (χ1) is 8.84. The maximum absolute atomic E-state index is 4.19. The Morgan fingerprint density at radius 3 is 3.00 bits per heavy atom. The molecule has 2 N–H and O–H groups in total. The van der Waals surface area contributed by atoms with Crippen LogP contribution in [0.2, 0.25) is 0 Å². The van der Waals surface area contributed by atoms with Gasteiger partial charge in [-0.2, -0.15) is 0 Å². The Morgan fingerprint density at radius 1 is 1.17 bits per heavy atom. The number of hydrogen-bond acceptors (Lipinski definition) is 2. The zero-order valence-electron chi connectivity index (χ0n) is 9.65. The number of benzene rings is 1. The average Bonchev–Trinajstić information content (AvgIpc) is 2.86. The molecule has 0 radical (unpaired) electrons. The van der Waals surface area contributed by atoms with E-state index in [1.54, 1.807) is 6.20 Å². The summed E-state index contributed by atoms with van der Waals surface area (Å²) in [5.41, 5.74) is 3.43. The van der Waals surface area contributed by atoms with Crippen molar-refractivity contribution in [3.63, 3.8) is 0 Å². The minimum Gasteiger partial charge on any atom is -0.379 e. The monoisotopic (exact) mass is 301 g/mol. The van der Waals surface area contributed by atoms with E-state index in [2.05, 4.69) is 55.5 Å². The Balaban J connectivity index is 1.85.